The van der Waals surface area contributed by atoms with Crippen LogP contribution in [0.25, 0.3) is 0 Å². The smallest absolute Gasteiger partial charge is 0.200 e. The maximum absolute atomic E-state index is 11.9. The third-order valence-corrected chi connectivity index (χ3v) is 5.09. The highest BCUT2D eigenvalue weighted by atomic mass is 79.9. The van der Waals surface area contributed by atoms with E-state index in [2.05, 4.69) is 25.9 Å². The summed E-state index contributed by atoms with van der Waals surface area (Å²) in [6, 6.07) is 10.3. The van der Waals surface area contributed by atoms with Gasteiger partial charge in [-0.3, -0.25) is 0 Å². The number of sulfonamides is 1. The van der Waals surface area contributed by atoms with Crippen molar-refractivity contribution in [3.8, 4) is 0 Å². The molecule has 1 heterocycles. The second-order valence-electron chi connectivity index (χ2n) is 3.81. The number of hydrogen-bond acceptors (Lipinski definition) is 4. The van der Waals surface area contributed by atoms with Gasteiger partial charge in [0, 0.05) is 4.88 Å². The van der Waals surface area contributed by atoms with Crippen LogP contribution in [0.1, 0.15) is 10.4 Å². The van der Waals surface area contributed by atoms with E-state index in [0.29, 0.717) is 0 Å². The van der Waals surface area contributed by atoms with Crippen molar-refractivity contribution in [1.82, 2.24) is 4.83 Å². The topological polar surface area (TPSA) is 58.5 Å². The molecule has 0 radical (unpaired) electrons. The molecular weight excluding hydrogens is 348 g/mol. The van der Waals surface area contributed by atoms with Gasteiger partial charge in [0.15, 0.2) is 0 Å². The fourth-order valence-electron chi connectivity index (χ4n) is 1.33. The Bertz CT molecular complexity index is 691. The predicted octanol–water partition coefficient (Wildman–Crippen LogP) is 3.13. The summed E-state index contributed by atoms with van der Waals surface area (Å²) < 4.78 is 24.8. The van der Waals surface area contributed by atoms with Crippen LogP contribution in [0.2, 0.25) is 0 Å². The van der Waals surface area contributed by atoms with Gasteiger partial charge in [-0.15, -0.1) is 11.3 Å². The number of aryl methyl sites for hydroxylation is 1. The van der Waals surface area contributed by atoms with Gasteiger partial charge in [0.2, 0.25) is 0 Å². The van der Waals surface area contributed by atoms with Crippen LogP contribution in [0, 0.1) is 6.92 Å². The molecule has 2 rings (SSSR count). The Morgan fingerprint density at radius 2 is 1.89 bits per heavy atom. The number of nitrogens with zero attached hydrogens (tertiary/aromatic N) is 1. The van der Waals surface area contributed by atoms with E-state index in [1.54, 1.807) is 24.3 Å². The summed E-state index contributed by atoms with van der Waals surface area (Å²) in [5.41, 5.74) is 1.01. The molecule has 7 heteroatoms. The van der Waals surface area contributed by atoms with Crippen molar-refractivity contribution < 1.29 is 8.42 Å². The SMILES string of the molecule is Cc1ccc(S(=O)(=O)N/N=C/c2ccc(Br)s2)cc1. The fourth-order valence-corrected chi connectivity index (χ4v) is 3.41. The van der Waals surface area contributed by atoms with E-state index in [-0.39, 0.29) is 4.90 Å². The van der Waals surface area contributed by atoms with Crippen LogP contribution < -0.4 is 4.83 Å². The van der Waals surface area contributed by atoms with Crippen molar-refractivity contribution in [2.24, 2.45) is 5.10 Å². The highest BCUT2D eigenvalue weighted by Crippen LogP contribution is 2.20. The summed E-state index contributed by atoms with van der Waals surface area (Å²) in [6.07, 6.45) is 1.47. The van der Waals surface area contributed by atoms with Gasteiger partial charge < -0.3 is 0 Å². The van der Waals surface area contributed by atoms with Crippen molar-refractivity contribution in [2.75, 3.05) is 0 Å². The summed E-state index contributed by atoms with van der Waals surface area (Å²) in [7, 11) is -3.60. The van der Waals surface area contributed by atoms with Crippen LogP contribution in [-0.4, -0.2) is 14.6 Å². The van der Waals surface area contributed by atoms with Crippen LogP contribution in [0.3, 0.4) is 0 Å². The van der Waals surface area contributed by atoms with E-state index < -0.39 is 10.0 Å². The van der Waals surface area contributed by atoms with E-state index >= 15 is 0 Å². The molecule has 100 valence electrons. The molecule has 4 nitrogen and oxygen atoms in total. The molecule has 0 aliphatic rings. The first-order chi connectivity index (χ1) is 8.97. The van der Waals surface area contributed by atoms with Crippen LogP contribution in [0.4, 0.5) is 0 Å². The zero-order chi connectivity index (χ0) is 13.9. The summed E-state index contributed by atoms with van der Waals surface area (Å²) in [5, 5.41) is 3.75. The van der Waals surface area contributed by atoms with Gasteiger partial charge in [0.1, 0.15) is 0 Å². The van der Waals surface area contributed by atoms with Gasteiger partial charge in [-0.05, 0) is 47.1 Å². The van der Waals surface area contributed by atoms with Gasteiger partial charge in [0.05, 0.1) is 14.9 Å². The van der Waals surface area contributed by atoms with E-state index in [0.717, 1.165) is 14.2 Å². The van der Waals surface area contributed by atoms with Gasteiger partial charge in [-0.2, -0.15) is 13.5 Å². The summed E-state index contributed by atoms with van der Waals surface area (Å²) in [4.78, 5) is 3.24. The molecule has 0 aliphatic carbocycles. The second kappa shape index (κ2) is 5.85. The Balaban J connectivity index is 2.09. The van der Waals surface area contributed by atoms with Crippen molar-refractivity contribution in [3.63, 3.8) is 0 Å². The van der Waals surface area contributed by atoms with Crippen molar-refractivity contribution in [3.05, 3.63) is 50.6 Å². The average molecular weight is 359 g/mol. The highest BCUT2D eigenvalue weighted by molar-refractivity contribution is 9.11. The number of halogens is 1. The first kappa shape index (κ1) is 14.2. The quantitative estimate of drug-likeness (QED) is 0.674. The number of benzene rings is 1. The number of hydrazone groups is 1. The lowest BCUT2D eigenvalue weighted by atomic mass is 10.2. The van der Waals surface area contributed by atoms with E-state index in [1.807, 2.05) is 19.1 Å². The molecule has 0 atom stereocenters. The number of nitrogens with one attached hydrogen (secondary N) is 1. The molecule has 0 bridgehead atoms. The molecule has 1 N–H and O–H groups in total. The van der Waals surface area contributed by atoms with Gasteiger partial charge in [-0.25, -0.2) is 4.83 Å². The molecule has 2 aromatic rings. The molecule has 19 heavy (non-hydrogen) atoms. The Hall–Kier alpha value is -1.18. The van der Waals surface area contributed by atoms with Gasteiger partial charge >= 0.3 is 0 Å². The molecular formula is C12H11BrN2O2S2. The molecule has 0 amide bonds. The Morgan fingerprint density at radius 1 is 1.21 bits per heavy atom. The van der Waals surface area contributed by atoms with E-state index in [9.17, 15) is 8.42 Å². The lowest BCUT2D eigenvalue weighted by molar-refractivity contribution is 0.584. The molecule has 0 spiro atoms. The van der Waals surface area contributed by atoms with Gasteiger partial charge in [-0.1, -0.05) is 17.7 Å². The van der Waals surface area contributed by atoms with Crippen LogP contribution in [0.15, 0.2) is 50.2 Å². The minimum absolute atomic E-state index is 0.197. The maximum atomic E-state index is 11.9. The average Bonchev–Trinajstić information content (AvgIpc) is 2.75. The second-order valence-corrected chi connectivity index (χ2v) is 7.96. The lowest BCUT2D eigenvalue weighted by Gasteiger charge is -2.02. The highest BCUT2D eigenvalue weighted by Gasteiger charge is 2.11. The van der Waals surface area contributed by atoms with Crippen LogP contribution in [0.5, 0.6) is 0 Å². The molecule has 0 saturated heterocycles. The number of hydrogen-bond donors (Lipinski definition) is 1. The van der Waals surface area contributed by atoms with E-state index in [1.165, 1.54) is 17.6 Å². The van der Waals surface area contributed by atoms with Crippen molar-refractivity contribution in [1.29, 1.82) is 0 Å². The molecule has 1 aromatic heterocycles. The lowest BCUT2D eigenvalue weighted by Crippen LogP contribution is -2.18. The van der Waals surface area contributed by atoms with Crippen molar-refractivity contribution >= 4 is 43.5 Å². The fraction of sp³-hybridized carbons (Fsp3) is 0.0833. The zero-order valence-corrected chi connectivity index (χ0v) is 13.2. The van der Waals surface area contributed by atoms with Crippen LogP contribution in [-0.2, 0) is 10.0 Å². The van der Waals surface area contributed by atoms with Crippen LogP contribution >= 0.6 is 27.3 Å². The predicted molar refractivity (Wildman–Crippen MR) is 81.1 cm³/mol. The molecule has 1 aromatic carbocycles. The third-order valence-electron chi connectivity index (χ3n) is 2.29. The first-order valence-corrected chi connectivity index (χ1v) is 8.43. The van der Waals surface area contributed by atoms with Crippen molar-refractivity contribution in [2.45, 2.75) is 11.8 Å². The molecule has 0 saturated carbocycles. The van der Waals surface area contributed by atoms with E-state index in [4.69, 9.17) is 0 Å². The normalized spacial score (nSPS) is 11.9. The number of thiophene rings is 1. The zero-order valence-electron chi connectivity index (χ0n) is 10.00. The Kier molecular flexibility index (Phi) is 4.38. The summed E-state index contributed by atoms with van der Waals surface area (Å²) in [6.45, 7) is 1.90. The minimum Gasteiger partial charge on any atom is -0.200 e. The number of rotatable bonds is 4. The molecule has 0 fully saturated rings. The summed E-state index contributed by atoms with van der Waals surface area (Å²) >= 11 is 4.79. The standard InChI is InChI=1S/C12H11BrN2O2S2/c1-9-2-5-11(6-3-9)19(16,17)15-14-8-10-4-7-12(13)18-10/h2-8,15H,1H3/b14-8+. The molecule has 0 unspecified atom stereocenters. The largest absolute Gasteiger partial charge is 0.276 e. The maximum Gasteiger partial charge on any atom is 0.276 e. The summed E-state index contributed by atoms with van der Waals surface area (Å²) in [5.74, 6) is 0. The molecule has 0 aliphatic heterocycles. The van der Waals surface area contributed by atoms with Gasteiger partial charge in [0.25, 0.3) is 10.0 Å². The monoisotopic (exact) mass is 358 g/mol. The third kappa shape index (κ3) is 3.89. The Labute approximate surface area is 124 Å². The first-order valence-electron chi connectivity index (χ1n) is 5.34. The Morgan fingerprint density at radius 3 is 2.47 bits per heavy atom. The minimum atomic E-state index is -3.60.